The lowest BCUT2D eigenvalue weighted by molar-refractivity contribution is -0.137. The van der Waals surface area contributed by atoms with E-state index in [-0.39, 0.29) is 36.2 Å². The fourth-order valence-corrected chi connectivity index (χ4v) is 3.90. The smallest absolute Gasteiger partial charge is 0.228 e. The van der Waals surface area contributed by atoms with Gasteiger partial charge in [-0.3, -0.25) is 9.59 Å². The molecule has 2 saturated heterocycles. The highest BCUT2D eigenvalue weighted by molar-refractivity contribution is 5.89. The molecule has 144 valence electrons. The molecule has 2 aliphatic heterocycles. The van der Waals surface area contributed by atoms with Crippen LogP contribution in [0.3, 0.4) is 0 Å². The maximum atomic E-state index is 12.9. The highest BCUT2D eigenvalue weighted by Gasteiger charge is 2.37. The van der Waals surface area contributed by atoms with E-state index in [1.54, 1.807) is 0 Å². The number of carbonyl (C=O) groups is 2. The van der Waals surface area contributed by atoms with Gasteiger partial charge < -0.3 is 15.5 Å². The quantitative estimate of drug-likeness (QED) is 0.873. The van der Waals surface area contributed by atoms with Gasteiger partial charge in [0.1, 0.15) is 0 Å². The van der Waals surface area contributed by atoms with Crippen molar-refractivity contribution in [2.24, 2.45) is 17.6 Å². The van der Waals surface area contributed by atoms with Gasteiger partial charge in [-0.1, -0.05) is 29.8 Å². The second-order valence-electron chi connectivity index (χ2n) is 7.71. The number of nitrogens with two attached hydrogens (primary N) is 1. The second kappa shape index (κ2) is 8.87. The molecule has 3 atom stereocenters. The van der Waals surface area contributed by atoms with Gasteiger partial charge in [0, 0.05) is 38.6 Å². The van der Waals surface area contributed by atoms with E-state index in [0.717, 1.165) is 31.5 Å². The fraction of sp³-hybridized carbons (Fsp3) is 0.600. The lowest BCUT2D eigenvalue weighted by Gasteiger charge is -2.35. The number of benzene rings is 1. The first-order chi connectivity index (χ1) is 11.9. The molecule has 2 N–H and O–H groups in total. The van der Waals surface area contributed by atoms with Crippen molar-refractivity contribution >= 4 is 24.2 Å². The molecule has 3 rings (SSSR count). The van der Waals surface area contributed by atoms with E-state index in [0.29, 0.717) is 25.4 Å². The van der Waals surface area contributed by atoms with Gasteiger partial charge in [0.25, 0.3) is 0 Å². The summed E-state index contributed by atoms with van der Waals surface area (Å²) < 4.78 is 0. The summed E-state index contributed by atoms with van der Waals surface area (Å²) in [5.74, 6) is 0.382. The molecule has 5 nitrogen and oxygen atoms in total. The Kier molecular flexibility index (Phi) is 7.07. The zero-order valence-electron chi connectivity index (χ0n) is 15.7. The Labute approximate surface area is 162 Å². The highest BCUT2D eigenvalue weighted by atomic mass is 35.5. The summed E-state index contributed by atoms with van der Waals surface area (Å²) >= 11 is 0. The molecule has 0 spiro atoms. The first-order valence-electron chi connectivity index (χ1n) is 9.31. The molecule has 1 aromatic carbocycles. The molecule has 0 radical (unpaired) electrons. The molecule has 0 saturated carbocycles. The summed E-state index contributed by atoms with van der Waals surface area (Å²) in [7, 11) is 0. The fourth-order valence-electron chi connectivity index (χ4n) is 3.90. The van der Waals surface area contributed by atoms with Crippen molar-refractivity contribution in [2.75, 3.05) is 19.6 Å². The number of hydrogen-bond acceptors (Lipinski definition) is 3. The molecule has 2 aliphatic rings. The van der Waals surface area contributed by atoms with E-state index in [2.05, 4.69) is 24.3 Å². The van der Waals surface area contributed by atoms with E-state index < -0.39 is 0 Å². The zero-order valence-corrected chi connectivity index (χ0v) is 16.5. The van der Waals surface area contributed by atoms with Gasteiger partial charge in [-0.15, -0.1) is 12.4 Å². The van der Waals surface area contributed by atoms with Crippen LogP contribution in [0.2, 0.25) is 0 Å². The van der Waals surface area contributed by atoms with Crippen LogP contribution in [0.1, 0.15) is 37.3 Å². The van der Waals surface area contributed by atoms with Gasteiger partial charge in [0.15, 0.2) is 0 Å². The predicted octanol–water partition coefficient (Wildman–Crippen LogP) is 2.35. The third-order valence-corrected chi connectivity index (χ3v) is 5.57. The van der Waals surface area contributed by atoms with Gasteiger partial charge >= 0.3 is 0 Å². The third-order valence-electron chi connectivity index (χ3n) is 5.57. The minimum absolute atomic E-state index is 0. The number of hydrogen-bond donors (Lipinski definition) is 1. The normalized spacial score (nSPS) is 24.3. The second-order valence-corrected chi connectivity index (χ2v) is 7.71. The van der Waals surface area contributed by atoms with Gasteiger partial charge in [0.05, 0.1) is 5.92 Å². The van der Waals surface area contributed by atoms with Crippen LogP contribution in [0.25, 0.3) is 0 Å². The van der Waals surface area contributed by atoms with Gasteiger partial charge in [0.2, 0.25) is 11.8 Å². The Hall–Kier alpha value is -1.59. The number of amides is 2. The van der Waals surface area contributed by atoms with Crippen LogP contribution in [0.5, 0.6) is 0 Å². The summed E-state index contributed by atoms with van der Waals surface area (Å²) in [5, 5.41) is 0. The Morgan fingerprint density at radius 3 is 2.62 bits per heavy atom. The van der Waals surface area contributed by atoms with Crippen LogP contribution in [-0.2, 0) is 16.1 Å². The van der Waals surface area contributed by atoms with Crippen molar-refractivity contribution in [3.63, 3.8) is 0 Å². The Balaban J connectivity index is 0.00000243. The van der Waals surface area contributed by atoms with Crippen LogP contribution in [0, 0.1) is 18.8 Å². The largest absolute Gasteiger partial charge is 0.342 e. The minimum Gasteiger partial charge on any atom is -0.342 e. The number of aryl methyl sites for hydroxylation is 1. The van der Waals surface area contributed by atoms with E-state index in [4.69, 9.17) is 5.73 Å². The average molecular weight is 380 g/mol. The molecule has 0 aliphatic carbocycles. The molecule has 2 amide bonds. The van der Waals surface area contributed by atoms with E-state index in [9.17, 15) is 9.59 Å². The lowest BCUT2D eigenvalue weighted by Crippen LogP contribution is -2.47. The number of piperidine rings is 1. The molecule has 2 heterocycles. The molecular weight excluding hydrogens is 350 g/mol. The highest BCUT2D eigenvalue weighted by Crippen LogP contribution is 2.26. The van der Waals surface area contributed by atoms with E-state index >= 15 is 0 Å². The molecular formula is C20H30ClN3O2. The van der Waals surface area contributed by atoms with Crippen molar-refractivity contribution in [2.45, 2.75) is 45.7 Å². The van der Waals surface area contributed by atoms with Crippen LogP contribution in [-0.4, -0.2) is 47.3 Å². The number of rotatable bonds is 4. The monoisotopic (exact) mass is 379 g/mol. The van der Waals surface area contributed by atoms with Crippen molar-refractivity contribution in [3.8, 4) is 0 Å². The van der Waals surface area contributed by atoms with Gasteiger partial charge in [-0.25, -0.2) is 0 Å². The van der Waals surface area contributed by atoms with Crippen LogP contribution >= 0.6 is 12.4 Å². The SMILES string of the molecule is Cc1ccc(CN2CC(C(=O)N3CCCC(C(C)N)C3)CC2=O)cc1.Cl. The molecule has 6 heteroatoms. The molecule has 2 fully saturated rings. The molecule has 0 bridgehead atoms. The lowest BCUT2D eigenvalue weighted by atomic mass is 9.91. The summed E-state index contributed by atoms with van der Waals surface area (Å²) in [6.07, 6.45) is 2.43. The molecule has 1 aromatic rings. The van der Waals surface area contributed by atoms with Crippen molar-refractivity contribution in [1.82, 2.24) is 9.80 Å². The van der Waals surface area contributed by atoms with E-state index in [1.807, 2.05) is 23.6 Å². The standard InChI is InChI=1S/C20H29N3O2.ClH/c1-14-5-7-16(8-6-14)11-23-13-18(10-19(23)24)20(25)22-9-3-4-17(12-22)15(2)21;/h5-8,15,17-18H,3-4,9-13,21H2,1-2H3;1H. The molecule has 26 heavy (non-hydrogen) atoms. The number of likely N-dealkylation sites (tertiary alicyclic amines) is 2. The summed E-state index contributed by atoms with van der Waals surface area (Å²) in [6.45, 7) is 6.72. The predicted molar refractivity (Wildman–Crippen MR) is 105 cm³/mol. The summed E-state index contributed by atoms with van der Waals surface area (Å²) in [4.78, 5) is 29.0. The maximum absolute atomic E-state index is 12.9. The number of nitrogens with zero attached hydrogens (tertiary/aromatic N) is 2. The van der Waals surface area contributed by atoms with Crippen molar-refractivity contribution in [1.29, 1.82) is 0 Å². The first kappa shape index (κ1) is 20.7. The Bertz CT molecular complexity index is 632. The van der Waals surface area contributed by atoms with Gasteiger partial charge in [-0.05, 0) is 38.2 Å². The Morgan fingerprint density at radius 1 is 1.27 bits per heavy atom. The zero-order chi connectivity index (χ0) is 18.0. The molecule has 3 unspecified atom stereocenters. The van der Waals surface area contributed by atoms with Crippen molar-refractivity contribution < 1.29 is 9.59 Å². The summed E-state index contributed by atoms with van der Waals surface area (Å²) in [6, 6.07) is 8.32. The maximum Gasteiger partial charge on any atom is 0.228 e. The van der Waals surface area contributed by atoms with Crippen LogP contribution < -0.4 is 5.73 Å². The van der Waals surface area contributed by atoms with Crippen molar-refractivity contribution in [3.05, 3.63) is 35.4 Å². The number of carbonyl (C=O) groups excluding carboxylic acids is 2. The Morgan fingerprint density at radius 2 is 1.96 bits per heavy atom. The summed E-state index contributed by atoms with van der Waals surface area (Å²) in [5.41, 5.74) is 8.34. The van der Waals surface area contributed by atoms with Crippen LogP contribution in [0.15, 0.2) is 24.3 Å². The van der Waals surface area contributed by atoms with Gasteiger partial charge in [-0.2, -0.15) is 0 Å². The molecule has 0 aromatic heterocycles. The minimum atomic E-state index is -0.204. The van der Waals surface area contributed by atoms with E-state index in [1.165, 1.54) is 5.56 Å². The third kappa shape index (κ3) is 4.77. The topological polar surface area (TPSA) is 66.6 Å². The number of halogens is 1. The first-order valence-corrected chi connectivity index (χ1v) is 9.31. The average Bonchev–Trinajstić information content (AvgIpc) is 2.97. The van der Waals surface area contributed by atoms with Crippen LogP contribution in [0.4, 0.5) is 0 Å².